The number of sulfonamides is 1. The predicted molar refractivity (Wildman–Crippen MR) is 95.9 cm³/mol. The maximum absolute atomic E-state index is 13.0. The Balaban J connectivity index is 2.30. The summed E-state index contributed by atoms with van der Waals surface area (Å²) in [5, 5.41) is 1.88. The lowest BCUT2D eigenvalue weighted by molar-refractivity contribution is -0.143. The SMILES string of the molecule is CCC(NS(=O)(=O)c1ccc(F)cc1)C(=O)Nc1cc(C(F)(F)F)cc(C(F)(F)F)c1. The molecule has 31 heavy (non-hydrogen) atoms. The van der Waals surface area contributed by atoms with Gasteiger partial charge in [0.15, 0.2) is 0 Å². The lowest BCUT2D eigenvalue weighted by Crippen LogP contribution is -2.43. The van der Waals surface area contributed by atoms with Crippen LogP contribution in [0, 0.1) is 5.82 Å². The quantitative estimate of drug-likeness (QED) is 0.606. The Labute approximate surface area is 172 Å². The van der Waals surface area contributed by atoms with Crippen LogP contribution in [0.2, 0.25) is 0 Å². The molecule has 0 aliphatic carbocycles. The highest BCUT2D eigenvalue weighted by Crippen LogP contribution is 2.37. The first kappa shape index (κ1) is 24.6. The predicted octanol–water partition coefficient (Wildman–Crippen LogP) is 4.56. The maximum Gasteiger partial charge on any atom is 0.416 e. The summed E-state index contributed by atoms with van der Waals surface area (Å²) in [5.41, 5.74) is -4.10. The largest absolute Gasteiger partial charge is 0.416 e. The van der Waals surface area contributed by atoms with E-state index in [4.69, 9.17) is 0 Å². The monoisotopic (exact) mass is 472 g/mol. The summed E-state index contributed by atoms with van der Waals surface area (Å²) in [6, 6.07) is 2.52. The van der Waals surface area contributed by atoms with Crippen LogP contribution in [0.25, 0.3) is 0 Å². The van der Waals surface area contributed by atoms with Gasteiger partial charge in [-0.25, -0.2) is 12.8 Å². The molecule has 2 aromatic carbocycles. The van der Waals surface area contributed by atoms with Crippen molar-refractivity contribution >= 4 is 21.6 Å². The summed E-state index contributed by atoms with van der Waals surface area (Å²) in [6.45, 7) is 1.37. The fourth-order valence-electron chi connectivity index (χ4n) is 2.45. The average Bonchev–Trinajstić information content (AvgIpc) is 2.64. The van der Waals surface area contributed by atoms with Crippen molar-refractivity contribution in [1.29, 1.82) is 0 Å². The van der Waals surface area contributed by atoms with Crippen molar-refractivity contribution in [2.24, 2.45) is 0 Å². The van der Waals surface area contributed by atoms with Crippen LogP contribution in [0.15, 0.2) is 47.4 Å². The van der Waals surface area contributed by atoms with Gasteiger partial charge in [-0.1, -0.05) is 6.92 Å². The van der Waals surface area contributed by atoms with E-state index in [0.29, 0.717) is 12.1 Å². The van der Waals surface area contributed by atoms with E-state index in [2.05, 4.69) is 0 Å². The normalized spacial score (nSPS) is 13.7. The molecule has 170 valence electrons. The van der Waals surface area contributed by atoms with Gasteiger partial charge in [0, 0.05) is 5.69 Å². The molecule has 0 saturated carbocycles. The standard InChI is InChI=1S/C18H15F7N2O3S/c1-2-15(27-31(29,30)14-5-3-12(19)4-6-14)16(28)26-13-8-10(17(20,21)22)7-11(9-13)18(23,24)25/h3-9,15,27H,2H2,1H3,(H,26,28). The third-order valence-electron chi connectivity index (χ3n) is 4.00. The van der Waals surface area contributed by atoms with Gasteiger partial charge in [-0.3, -0.25) is 4.79 Å². The molecule has 1 unspecified atom stereocenters. The molecule has 0 bridgehead atoms. The molecule has 0 aliphatic rings. The number of carbonyl (C=O) groups excluding carboxylic acids is 1. The van der Waals surface area contributed by atoms with Crippen molar-refractivity contribution in [3.8, 4) is 0 Å². The average molecular weight is 472 g/mol. The number of halogens is 7. The van der Waals surface area contributed by atoms with E-state index in [0.717, 1.165) is 24.3 Å². The molecule has 2 aromatic rings. The maximum atomic E-state index is 13.0. The highest BCUT2D eigenvalue weighted by atomic mass is 32.2. The molecule has 0 heterocycles. The number of carbonyl (C=O) groups is 1. The Hall–Kier alpha value is -2.67. The van der Waals surface area contributed by atoms with Gasteiger partial charge in [-0.05, 0) is 48.9 Å². The fourth-order valence-corrected chi connectivity index (χ4v) is 3.73. The van der Waals surface area contributed by atoms with Crippen LogP contribution in [-0.4, -0.2) is 20.4 Å². The van der Waals surface area contributed by atoms with E-state index in [-0.39, 0.29) is 12.5 Å². The van der Waals surface area contributed by atoms with Crippen LogP contribution in [0.1, 0.15) is 24.5 Å². The van der Waals surface area contributed by atoms with E-state index < -0.39 is 61.9 Å². The van der Waals surface area contributed by atoms with Crippen molar-refractivity contribution in [1.82, 2.24) is 4.72 Å². The Morgan fingerprint density at radius 2 is 1.42 bits per heavy atom. The van der Waals surface area contributed by atoms with E-state index >= 15 is 0 Å². The van der Waals surface area contributed by atoms with Crippen molar-refractivity contribution < 1.29 is 43.9 Å². The molecule has 1 atom stereocenters. The highest BCUT2D eigenvalue weighted by molar-refractivity contribution is 7.89. The summed E-state index contributed by atoms with van der Waals surface area (Å²) in [6.07, 6.45) is -10.4. The Bertz CT molecular complexity index is 1020. The van der Waals surface area contributed by atoms with Gasteiger partial charge >= 0.3 is 12.4 Å². The van der Waals surface area contributed by atoms with Crippen LogP contribution in [0.5, 0.6) is 0 Å². The molecular weight excluding hydrogens is 457 g/mol. The zero-order valence-corrected chi connectivity index (χ0v) is 16.4. The molecule has 0 saturated heterocycles. The minimum atomic E-state index is -5.12. The van der Waals surface area contributed by atoms with Gasteiger partial charge in [0.1, 0.15) is 11.9 Å². The first-order valence-corrected chi connectivity index (χ1v) is 10.00. The molecule has 2 N–H and O–H groups in total. The molecule has 0 aliphatic heterocycles. The van der Waals surface area contributed by atoms with Crippen molar-refractivity contribution in [2.75, 3.05) is 5.32 Å². The van der Waals surface area contributed by atoms with Gasteiger partial charge in [0.25, 0.3) is 0 Å². The number of hydrogen-bond acceptors (Lipinski definition) is 3. The Morgan fingerprint density at radius 1 is 0.935 bits per heavy atom. The van der Waals surface area contributed by atoms with Crippen LogP contribution in [-0.2, 0) is 27.2 Å². The number of benzene rings is 2. The lowest BCUT2D eigenvalue weighted by atomic mass is 10.1. The third-order valence-corrected chi connectivity index (χ3v) is 5.49. The van der Waals surface area contributed by atoms with Crippen LogP contribution < -0.4 is 10.0 Å². The first-order chi connectivity index (χ1) is 14.1. The number of alkyl halides is 6. The van der Waals surface area contributed by atoms with Crippen molar-refractivity contribution in [3.63, 3.8) is 0 Å². The van der Waals surface area contributed by atoms with Crippen LogP contribution in [0.3, 0.4) is 0 Å². The smallest absolute Gasteiger partial charge is 0.325 e. The summed E-state index contributed by atoms with van der Waals surface area (Å²) in [5.74, 6) is -1.89. The molecule has 1 amide bonds. The number of amides is 1. The number of hydrogen-bond donors (Lipinski definition) is 2. The molecule has 0 radical (unpaired) electrons. The van der Waals surface area contributed by atoms with E-state index in [1.54, 1.807) is 0 Å². The molecule has 0 aromatic heterocycles. The lowest BCUT2D eigenvalue weighted by Gasteiger charge is -2.19. The zero-order valence-electron chi connectivity index (χ0n) is 15.6. The fraction of sp³-hybridized carbons (Fsp3) is 0.278. The summed E-state index contributed by atoms with van der Waals surface area (Å²) in [7, 11) is -4.33. The van der Waals surface area contributed by atoms with E-state index in [1.165, 1.54) is 6.92 Å². The molecule has 0 spiro atoms. The third kappa shape index (κ3) is 6.40. The van der Waals surface area contributed by atoms with E-state index in [9.17, 15) is 43.9 Å². The number of anilines is 1. The van der Waals surface area contributed by atoms with Gasteiger partial charge < -0.3 is 5.32 Å². The Morgan fingerprint density at radius 3 is 1.84 bits per heavy atom. The van der Waals surface area contributed by atoms with Gasteiger partial charge in [-0.15, -0.1) is 0 Å². The van der Waals surface area contributed by atoms with Gasteiger partial charge in [0.05, 0.1) is 16.0 Å². The second kappa shape index (κ2) is 8.83. The molecule has 0 fully saturated rings. The minimum absolute atomic E-state index is 0.107. The summed E-state index contributed by atoms with van der Waals surface area (Å²) >= 11 is 0. The summed E-state index contributed by atoms with van der Waals surface area (Å²) < 4.78 is 117. The van der Waals surface area contributed by atoms with E-state index in [1.807, 2.05) is 10.0 Å². The summed E-state index contributed by atoms with van der Waals surface area (Å²) in [4.78, 5) is 12.0. The zero-order chi connectivity index (χ0) is 23.6. The molecule has 13 heteroatoms. The van der Waals surface area contributed by atoms with Gasteiger partial charge in [0.2, 0.25) is 15.9 Å². The topological polar surface area (TPSA) is 75.3 Å². The van der Waals surface area contributed by atoms with Crippen LogP contribution in [0.4, 0.5) is 36.4 Å². The molecule has 5 nitrogen and oxygen atoms in total. The second-order valence-corrected chi connectivity index (χ2v) is 8.03. The number of rotatable bonds is 6. The van der Waals surface area contributed by atoms with Gasteiger partial charge in [-0.2, -0.15) is 31.1 Å². The first-order valence-electron chi connectivity index (χ1n) is 8.51. The molecule has 2 rings (SSSR count). The highest BCUT2D eigenvalue weighted by Gasteiger charge is 2.37. The molecular formula is C18H15F7N2O3S. The van der Waals surface area contributed by atoms with Crippen LogP contribution >= 0.6 is 0 Å². The second-order valence-electron chi connectivity index (χ2n) is 6.32. The van der Waals surface area contributed by atoms with Crippen molar-refractivity contribution in [3.05, 3.63) is 59.4 Å². The van der Waals surface area contributed by atoms with Crippen molar-refractivity contribution in [2.45, 2.75) is 36.6 Å². The Kier molecular flexibility index (Phi) is 7.00. The minimum Gasteiger partial charge on any atom is -0.325 e. The number of nitrogens with one attached hydrogen (secondary N) is 2.